The summed E-state index contributed by atoms with van der Waals surface area (Å²) in [7, 11) is 0. The zero-order valence-electron chi connectivity index (χ0n) is 8.50. The van der Waals surface area contributed by atoms with Crippen LogP contribution < -0.4 is 0 Å². The Kier molecular flexibility index (Phi) is 2.21. The molecule has 2 aromatic rings. The number of aromatic amines is 1. The molecule has 82 valence electrons. The van der Waals surface area contributed by atoms with E-state index in [9.17, 15) is 4.39 Å². The van der Waals surface area contributed by atoms with Crippen LogP contribution in [0.15, 0.2) is 24.4 Å². The predicted molar refractivity (Wildman–Crippen MR) is 61.0 cm³/mol. The average molecular weight is 237 g/mol. The predicted octanol–water partition coefficient (Wildman–Crippen LogP) is 3.75. The Morgan fingerprint density at radius 2 is 2.19 bits per heavy atom. The molecular weight excluding hydrogens is 227 g/mol. The highest BCUT2D eigenvalue weighted by Gasteiger charge is 2.26. The maximum absolute atomic E-state index is 13.6. The minimum atomic E-state index is -0.343. The molecule has 1 aromatic heterocycles. The standard InChI is InChI=1S/C12H10ClFN2/c13-8-2-1-3-9(14)11(8)12-15-6-10(16-12)7-4-5-7/h1-3,6-7H,4-5H2,(H,15,16). The first-order chi connectivity index (χ1) is 7.75. The van der Waals surface area contributed by atoms with Gasteiger partial charge in [-0.2, -0.15) is 0 Å². The zero-order chi connectivity index (χ0) is 11.1. The number of nitrogens with zero attached hydrogens (tertiary/aromatic N) is 1. The molecule has 0 bridgehead atoms. The lowest BCUT2D eigenvalue weighted by Crippen LogP contribution is -1.88. The topological polar surface area (TPSA) is 28.7 Å². The first-order valence-corrected chi connectivity index (χ1v) is 5.63. The van der Waals surface area contributed by atoms with Crippen molar-refractivity contribution in [3.05, 3.63) is 40.9 Å². The van der Waals surface area contributed by atoms with E-state index in [1.807, 2.05) is 0 Å². The van der Waals surface area contributed by atoms with Gasteiger partial charge in [0.15, 0.2) is 0 Å². The van der Waals surface area contributed by atoms with Crippen molar-refractivity contribution in [3.8, 4) is 11.4 Å². The van der Waals surface area contributed by atoms with Crippen molar-refractivity contribution in [1.82, 2.24) is 9.97 Å². The van der Waals surface area contributed by atoms with Crippen molar-refractivity contribution in [3.63, 3.8) is 0 Å². The van der Waals surface area contributed by atoms with Gasteiger partial charge in [0.25, 0.3) is 0 Å². The maximum atomic E-state index is 13.6. The van der Waals surface area contributed by atoms with Crippen LogP contribution in [-0.2, 0) is 0 Å². The first-order valence-electron chi connectivity index (χ1n) is 5.25. The fourth-order valence-corrected chi connectivity index (χ4v) is 2.04. The van der Waals surface area contributed by atoms with E-state index in [0.717, 1.165) is 5.69 Å². The van der Waals surface area contributed by atoms with Crippen molar-refractivity contribution in [1.29, 1.82) is 0 Å². The fourth-order valence-electron chi connectivity index (χ4n) is 1.79. The third kappa shape index (κ3) is 1.61. The highest BCUT2D eigenvalue weighted by molar-refractivity contribution is 6.33. The van der Waals surface area contributed by atoms with Crippen LogP contribution in [0.25, 0.3) is 11.4 Å². The van der Waals surface area contributed by atoms with Crippen molar-refractivity contribution in [2.75, 3.05) is 0 Å². The number of rotatable bonds is 2. The average Bonchev–Trinajstić information content (AvgIpc) is 2.99. The van der Waals surface area contributed by atoms with Gasteiger partial charge in [-0.3, -0.25) is 0 Å². The number of halogens is 2. The second-order valence-corrected chi connectivity index (χ2v) is 4.47. The minimum absolute atomic E-state index is 0.343. The summed E-state index contributed by atoms with van der Waals surface area (Å²) >= 11 is 5.97. The van der Waals surface area contributed by atoms with Crippen LogP contribution in [-0.4, -0.2) is 9.97 Å². The molecule has 0 radical (unpaired) electrons. The van der Waals surface area contributed by atoms with Crippen LogP contribution in [0.5, 0.6) is 0 Å². The van der Waals surface area contributed by atoms with E-state index in [2.05, 4.69) is 9.97 Å². The summed E-state index contributed by atoms with van der Waals surface area (Å²) in [4.78, 5) is 7.33. The monoisotopic (exact) mass is 236 g/mol. The maximum Gasteiger partial charge on any atom is 0.141 e. The van der Waals surface area contributed by atoms with Crippen LogP contribution in [0.1, 0.15) is 24.5 Å². The summed E-state index contributed by atoms with van der Waals surface area (Å²) in [6, 6.07) is 4.64. The largest absolute Gasteiger partial charge is 0.341 e. The molecule has 1 aliphatic rings. The van der Waals surface area contributed by atoms with Gasteiger partial charge < -0.3 is 4.98 Å². The lowest BCUT2D eigenvalue weighted by Gasteiger charge is -2.01. The van der Waals surface area contributed by atoms with Gasteiger partial charge in [0.05, 0.1) is 10.6 Å². The molecule has 0 amide bonds. The SMILES string of the molecule is Fc1cccc(Cl)c1-c1ncc(C2CC2)[nH]1. The summed E-state index contributed by atoms with van der Waals surface area (Å²) in [6.07, 6.45) is 4.15. The van der Waals surface area contributed by atoms with E-state index in [0.29, 0.717) is 22.3 Å². The number of hydrogen-bond acceptors (Lipinski definition) is 1. The second kappa shape index (κ2) is 3.59. The molecule has 1 N–H and O–H groups in total. The van der Waals surface area contributed by atoms with E-state index in [-0.39, 0.29) is 5.82 Å². The molecule has 16 heavy (non-hydrogen) atoms. The molecule has 3 rings (SSSR count). The Morgan fingerprint density at radius 1 is 1.38 bits per heavy atom. The third-order valence-electron chi connectivity index (χ3n) is 2.81. The fraction of sp³-hybridized carbons (Fsp3) is 0.250. The zero-order valence-corrected chi connectivity index (χ0v) is 9.26. The molecule has 1 heterocycles. The molecule has 0 atom stereocenters. The molecule has 1 saturated carbocycles. The smallest absolute Gasteiger partial charge is 0.141 e. The third-order valence-corrected chi connectivity index (χ3v) is 3.13. The van der Waals surface area contributed by atoms with E-state index in [4.69, 9.17) is 11.6 Å². The number of hydrogen-bond donors (Lipinski definition) is 1. The van der Waals surface area contributed by atoms with Crippen LogP contribution in [0.2, 0.25) is 5.02 Å². The van der Waals surface area contributed by atoms with Crippen molar-refractivity contribution in [2.24, 2.45) is 0 Å². The van der Waals surface area contributed by atoms with Crippen LogP contribution in [0.4, 0.5) is 4.39 Å². The molecule has 0 saturated heterocycles. The molecular formula is C12H10ClFN2. The number of benzene rings is 1. The Labute approximate surface area is 97.5 Å². The Bertz CT molecular complexity index is 511. The summed E-state index contributed by atoms with van der Waals surface area (Å²) in [5.41, 5.74) is 1.44. The molecule has 4 heteroatoms. The van der Waals surface area contributed by atoms with Gasteiger partial charge in [0, 0.05) is 17.8 Å². The molecule has 1 aliphatic carbocycles. The van der Waals surface area contributed by atoms with E-state index in [1.165, 1.54) is 18.9 Å². The quantitative estimate of drug-likeness (QED) is 0.845. The summed E-state index contributed by atoms with van der Waals surface area (Å²) in [5.74, 6) is 0.751. The number of imidazole rings is 1. The van der Waals surface area contributed by atoms with Gasteiger partial charge in [-0.15, -0.1) is 0 Å². The van der Waals surface area contributed by atoms with Gasteiger partial charge in [0.2, 0.25) is 0 Å². The Morgan fingerprint density at radius 3 is 2.88 bits per heavy atom. The van der Waals surface area contributed by atoms with Gasteiger partial charge in [0.1, 0.15) is 11.6 Å². The van der Waals surface area contributed by atoms with Crippen LogP contribution >= 0.6 is 11.6 Å². The molecule has 0 unspecified atom stereocenters. The summed E-state index contributed by atoms with van der Waals surface area (Å²) < 4.78 is 13.6. The molecule has 1 aromatic carbocycles. The summed E-state index contributed by atoms with van der Waals surface area (Å²) in [5, 5.41) is 0.386. The van der Waals surface area contributed by atoms with Gasteiger partial charge in [-0.05, 0) is 25.0 Å². The van der Waals surface area contributed by atoms with Gasteiger partial charge >= 0.3 is 0 Å². The second-order valence-electron chi connectivity index (χ2n) is 4.06. The van der Waals surface area contributed by atoms with Crippen molar-refractivity contribution in [2.45, 2.75) is 18.8 Å². The number of aromatic nitrogens is 2. The van der Waals surface area contributed by atoms with E-state index in [1.54, 1.807) is 18.3 Å². The molecule has 1 fully saturated rings. The highest BCUT2D eigenvalue weighted by atomic mass is 35.5. The lowest BCUT2D eigenvalue weighted by atomic mass is 10.2. The van der Waals surface area contributed by atoms with Crippen molar-refractivity contribution < 1.29 is 4.39 Å². The first kappa shape index (κ1) is 9.85. The Balaban J connectivity index is 2.06. The summed E-state index contributed by atoms with van der Waals surface area (Å²) in [6.45, 7) is 0. The number of nitrogens with one attached hydrogen (secondary N) is 1. The lowest BCUT2D eigenvalue weighted by molar-refractivity contribution is 0.630. The minimum Gasteiger partial charge on any atom is -0.341 e. The van der Waals surface area contributed by atoms with Gasteiger partial charge in [-0.1, -0.05) is 17.7 Å². The Hall–Kier alpha value is -1.35. The van der Waals surface area contributed by atoms with Crippen LogP contribution in [0.3, 0.4) is 0 Å². The van der Waals surface area contributed by atoms with Crippen LogP contribution in [0, 0.1) is 5.82 Å². The molecule has 0 aliphatic heterocycles. The van der Waals surface area contributed by atoms with E-state index < -0.39 is 0 Å². The van der Waals surface area contributed by atoms with Crippen molar-refractivity contribution >= 4 is 11.6 Å². The highest BCUT2D eigenvalue weighted by Crippen LogP contribution is 2.40. The van der Waals surface area contributed by atoms with E-state index >= 15 is 0 Å². The number of H-pyrrole nitrogens is 1. The van der Waals surface area contributed by atoms with Gasteiger partial charge in [-0.25, -0.2) is 9.37 Å². The normalized spacial score (nSPS) is 15.4. The molecule has 2 nitrogen and oxygen atoms in total. The molecule has 0 spiro atoms.